The van der Waals surface area contributed by atoms with E-state index in [0.29, 0.717) is 18.4 Å². The lowest BCUT2D eigenvalue weighted by atomic mass is 10.0. The van der Waals surface area contributed by atoms with Crippen LogP contribution in [0.4, 0.5) is 4.39 Å². The van der Waals surface area contributed by atoms with Crippen LogP contribution in [0, 0.1) is 11.7 Å². The van der Waals surface area contributed by atoms with Gasteiger partial charge in [0.2, 0.25) is 0 Å². The summed E-state index contributed by atoms with van der Waals surface area (Å²) >= 11 is 0. The van der Waals surface area contributed by atoms with Crippen LogP contribution in [0.5, 0.6) is 5.75 Å². The minimum Gasteiger partial charge on any atom is -0.494 e. The van der Waals surface area contributed by atoms with Crippen molar-refractivity contribution in [3.05, 3.63) is 29.6 Å². The number of guanidine groups is 1. The molecule has 116 valence electrons. The first kappa shape index (κ1) is 15.6. The van der Waals surface area contributed by atoms with Crippen LogP contribution in [0.3, 0.4) is 0 Å². The van der Waals surface area contributed by atoms with Crippen molar-refractivity contribution < 1.29 is 9.13 Å². The lowest BCUT2D eigenvalue weighted by Gasteiger charge is -2.31. The highest BCUT2D eigenvalue weighted by atomic mass is 19.1. The molecule has 5 heteroatoms. The van der Waals surface area contributed by atoms with Crippen molar-refractivity contribution >= 4 is 5.96 Å². The minimum absolute atomic E-state index is 0.273. The molecule has 0 amide bonds. The summed E-state index contributed by atoms with van der Waals surface area (Å²) in [5.41, 5.74) is 7.04. The highest BCUT2D eigenvalue weighted by Gasteiger charge is 2.17. The molecule has 0 bridgehead atoms. The fourth-order valence-corrected chi connectivity index (χ4v) is 2.66. The van der Waals surface area contributed by atoms with Crippen molar-refractivity contribution in [2.24, 2.45) is 16.6 Å². The van der Waals surface area contributed by atoms with Crippen LogP contribution in [-0.2, 0) is 6.42 Å². The quantitative estimate of drug-likeness (QED) is 0.685. The summed E-state index contributed by atoms with van der Waals surface area (Å²) in [6.45, 7) is 4.82. The molecule has 1 unspecified atom stereocenters. The number of rotatable bonds is 4. The third-order valence-corrected chi connectivity index (χ3v) is 3.87. The molecule has 21 heavy (non-hydrogen) atoms. The Morgan fingerprint density at radius 1 is 1.52 bits per heavy atom. The summed E-state index contributed by atoms with van der Waals surface area (Å²) in [6, 6.07) is 4.89. The number of hydrogen-bond donors (Lipinski definition) is 1. The van der Waals surface area contributed by atoms with E-state index in [0.717, 1.165) is 25.1 Å². The van der Waals surface area contributed by atoms with E-state index in [2.05, 4.69) is 16.8 Å². The number of hydrogen-bond acceptors (Lipinski definition) is 2. The van der Waals surface area contributed by atoms with Crippen LogP contribution in [0.15, 0.2) is 23.2 Å². The Balaban J connectivity index is 1.89. The van der Waals surface area contributed by atoms with Gasteiger partial charge >= 0.3 is 0 Å². The van der Waals surface area contributed by atoms with E-state index < -0.39 is 0 Å². The van der Waals surface area contributed by atoms with Gasteiger partial charge in [-0.25, -0.2) is 4.39 Å². The zero-order chi connectivity index (χ0) is 15.2. The van der Waals surface area contributed by atoms with Crippen molar-refractivity contribution in [1.82, 2.24) is 4.90 Å². The molecular weight excluding hydrogens is 269 g/mol. The maximum atomic E-state index is 13.3. The van der Waals surface area contributed by atoms with Gasteiger partial charge in [0.1, 0.15) is 0 Å². The number of nitrogens with zero attached hydrogens (tertiary/aromatic N) is 2. The Labute approximate surface area is 125 Å². The van der Waals surface area contributed by atoms with E-state index in [-0.39, 0.29) is 11.6 Å². The predicted molar refractivity (Wildman–Crippen MR) is 83.1 cm³/mol. The molecule has 1 aliphatic heterocycles. The summed E-state index contributed by atoms with van der Waals surface area (Å²) in [5, 5.41) is 0. The Morgan fingerprint density at radius 3 is 3.05 bits per heavy atom. The number of likely N-dealkylation sites (tertiary alicyclic amines) is 1. The van der Waals surface area contributed by atoms with Crippen molar-refractivity contribution in [3.8, 4) is 5.75 Å². The molecule has 1 aromatic rings. The van der Waals surface area contributed by atoms with E-state index in [9.17, 15) is 4.39 Å². The molecule has 1 saturated heterocycles. The van der Waals surface area contributed by atoms with E-state index in [1.807, 2.05) is 0 Å². The molecule has 1 atom stereocenters. The first-order valence-electron chi connectivity index (χ1n) is 7.47. The molecule has 0 aromatic heterocycles. The van der Waals surface area contributed by atoms with E-state index in [1.54, 1.807) is 12.1 Å². The fraction of sp³-hybridized carbons (Fsp3) is 0.562. The lowest BCUT2D eigenvalue weighted by molar-refractivity contribution is 0.270. The van der Waals surface area contributed by atoms with E-state index in [4.69, 9.17) is 10.5 Å². The SMILES string of the molecule is COc1cc(CCN=C(N)N2CCCC(C)C2)ccc1F. The topological polar surface area (TPSA) is 50.9 Å². The van der Waals surface area contributed by atoms with Gasteiger partial charge in [-0.2, -0.15) is 0 Å². The molecule has 0 spiro atoms. The van der Waals surface area contributed by atoms with Crippen molar-refractivity contribution in [2.75, 3.05) is 26.7 Å². The van der Waals surface area contributed by atoms with Crippen molar-refractivity contribution in [1.29, 1.82) is 0 Å². The van der Waals surface area contributed by atoms with Gasteiger partial charge in [0.25, 0.3) is 0 Å². The lowest BCUT2D eigenvalue weighted by Crippen LogP contribution is -2.43. The third kappa shape index (κ3) is 4.34. The second-order valence-corrected chi connectivity index (χ2v) is 5.65. The molecule has 0 saturated carbocycles. The van der Waals surface area contributed by atoms with Crippen LogP contribution in [0.25, 0.3) is 0 Å². The average molecular weight is 293 g/mol. The standard InChI is InChI=1S/C16H24FN3O/c1-12-4-3-9-20(11-12)16(18)19-8-7-13-5-6-14(17)15(10-13)21-2/h5-6,10,12H,3-4,7-9,11H2,1-2H3,(H2,18,19). The zero-order valence-electron chi connectivity index (χ0n) is 12.8. The number of halogens is 1. The Bertz CT molecular complexity index is 504. The van der Waals surface area contributed by atoms with Gasteiger partial charge in [-0.1, -0.05) is 13.0 Å². The number of aliphatic imine (C=N–C) groups is 1. The first-order valence-corrected chi connectivity index (χ1v) is 7.47. The largest absolute Gasteiger partial charge is 0.494 e. The minimum atomic E-state index is -0.341. The van der Waals surface area contributed by atoms with Gasteiger partial charge in [0, 0.05) is 19.6 Å². The first-order chi connectivity index (χ1) is 10.1. The number of benzene rings is 1. The van der Waals surface area contributed by atoms with Crippen LogP contribution in [-0.4, -0.2) is 37.6 Å². The van der Waals surface area contributed by atoms with Gasteiger partial charge in [-0.05, 0) is 42.9 Å². The van der Waals surface area contributed by atoms with Gasteiger partial charge in [0.15, 0.2) is 17.5 Å². The molecule has 4 nitrogen and oxygen atoms in total. The van der Waals surface area contributed by atoms with Gasteiger partial charge in [-0.15, -0.1) is 0 Å². The van der Waals surface area contributed by atoms with E-state index in [1.165, 1.54) is 26.0 Å². The molecule has 1 heterocycles. The average Bonchev–Trinajstić information content (AvgIpc) is 2.48. The normalized spacial score (nSPS) is 19.7. The molecule has 0 aliphatic carbocycles. The zero-order valence-corrected chi connectivity index (χ0v) is 12.8. The molecule has 0 radical (unpaired) electrons. The highest BCUT2D eigenvalue weighted by molar-refractivity contribution is 5.78. The fourth-order valence-electron chi connectivity index (χ4n) is 2.66. The molecule has 2 rings (SSSR count). The highest BCUT2D eigenvalue weighted by Crippen LogP contribution is 2.18. The van der Waals surface area contributed by atoms with Crippen LogP contribution in [0.2, 0.25) is 0 Å². The van der Waals surface area contributed by atoms with Gasteiger partial charge < -0.3 is 15.4 Å². The molecule has 1 aliphatic rings. The number of nitrogens with two attached hydrogens (primary N) is 1. The maximum absolute atomic E-state index is 13.3. The molecular formula is C16H24FN3O. The van der Waals surface area contributed by atoms with Crippen LogP contribution < -0.4 is 10.5 Å². The van der Waals surface area contributed by atoms with Crippen LogP contribution in [0.1, 0.15) is 25.3 Å². The summed E-state index contributed by atoms with van der Waals surface area (Å²) < 4.78 is 18.3. The second-order valence-electron chi connectivity index (χ2n) is 5.65. The maximum Gasteiger partial charge on any atom is 0.191 e. The summed E-state index contributed by atoms with van der Waals surface area (Å²) in [6.07, 6.45) is 3.16. The predicted octanol–water partition coefficient (Wildman–Crippen LogP) is 2.42. The molecule has 1 aromatic carbocycles. The molecule has 2 N–H and O–H groups in total. The molecule has 1 fully saturated rings. The Hall–Kier alpha value is -1.78. The second kappa shape index (κ2) is 7.29. The Morgan fingerprint density at radius 2 is 2.33 bits per heavy atom. The number of piperidine rings is 1. The van der Waals surface area contributed by atoms with Crippen LogP contribution >= 0.6 is 0 Å². The van der Waals surface area contributed by atoms with Crippen molar-refractivity contribution in [3.63, 3.8) is 0 Å². The van der Waals surface area contributed by atoms with E-state index >= 15 is 0 Å². The summed E-state index contributed by atoms with van der Waals surface area (Å²) in [5.74, 6) is 1.23. The number of methoxy groups -OCH3 is 1. The van der Waals surface area contributed by atoms with Gasteiger partial charge in [0.05, 0.1) is 7.11 Å². The summed E-state index contributed by atoms with van der Waals surface area (Å²) in [4.78, 5) is 6.59. The Kier molecular flexibility index (Phi) is 5.42. The number of ether oxygens (including phenoxy) is 1. The summed E-state index contributed by atoms with van der Waals surface area (Å²) in [7, 11) is 1.47. The smallest absolute Gasteiger partial charge is 0.191 e. The monoisotopic (exact) mass is 293 g/mol. The van der Waals surface area contributed by atoms with Gasteiger partial charge in [-0.3, -0.25) is 4.99 Å². The van der Waals surface area contributed by atoms with Crippen molar-refractivity contribution in [2.45, 2.75) is 26.2 Å². The third-order valence-electron chi connectivity index (χ3n) is 3.87.